The fourth-order valence-corrected chi connectivity index (χ4v) is 3.14. The zero-order chi connectivity index (χ0) is 19.6. The van der Waals surface area contributed by atoms with Gasteiger partial charge in [0.1, 0.15) is 11.5 Å². The predicted octanol–water partition coefficient (Wildman–Crippen LogP) is 3.00. The van der Waals surface area contributed by atoms with Crippen molar-refractivity contribution in [3.63, 3.8) is 0 Å². The van der Waals surface area contributed by atoms with Crippen molar-refractivity contribution in [3.8, 4) is 11.5 Å². The zero-order valence-corrected chi connectivity index (χ0v) is 16.1. The Balaban J connectivity index is 2.00. The van der Waals surface area contributed by atoms with Gasteiger partial charge in [-0.1, -0.05) is 30.3 Å². The van der Waals surface area contributed by atoms with Crippen molar-refractivity contribution in [2.75, 3.05) is 14.2 Å². The maximum absolute atomic E-state index is 11.2. The van der Waals surface area contributed by atoms with Gasteiger partial charge >= 0.3 is 0 Å². The second-order valence-corrected chi connectivity index (χ2v) is 6.71. The topological polar surface area (TPSA) is 67.8 Å². The summed E-state index contributed by atoms with van der Waals surface area (Å²) in [6.45, 7) is 2.48. The van der Waals surface area contributed by atoms with Crippen molar-refractivity contribution in [1.82, 2.24) is 0 Å². The summed E-state index contributed by atoms with van der Waals surface area (Å²) >= 11 is 0. The van der Waals surface area contributed by atoms with Gasteiger partial charge in [0.2, 0.25) is 0 Å². The zero-order valence-electron chi connectivity index (χ0n) is 16.1. The van der Waals surface area contributed by atoms with Gasteiger partial charge in [-0.05, 0) is 55.4 Å². The molecule has 2 rings (SSSR count). The Hall–Kier alpha value is -2.53. The molecule has 0 saturated carbocycles. The molecule has 2 aromatic rings. The number of hydrogen-bond acceptors (Lipinski definition) is 5. The van der Waals surface area contributed by atoms with Crippen LogP contribution in [0.5, 0.6) is 11.5 Å². The Labute approximate surface area is 160 Å². The highest BCUT2D eigenvalue weighted by molar-refractivity contribution is 5.64. The molecule has 0 N–H and O–H groups in total. The maximum Gasteiger partial charge on any atom is 0.122 e. The monoisotopic (exact) mass is 371 g/mol. The maximum atomic E-state index is 11.2. The van der Waals surface area contributed by atoms with Gasteiger partial charge in [-0.2, -0.15) is 0 Å². The standard InChI is InChI=1S/C22H28O5/c1-16(27-15-17-7-5-4-6-8-17)9-18(13-22(23)24)10-19-11-20(25-2)14-21(12-19)26-3/h4-8,11-12,14,16,18H,9-10,13,15H2,1-3H3,(H,23,24)/p-1/t16-,18+/m0/s1. The smallest absolute Gasteiger partial charge is 0.122 e. The number of carboxylic acid groups (broad SMARTS) is 1. The first-order chi connectivity index (χ1) is 13.0. The molecule has 0 radical (unpaired) electrons. The first-order valence-electron chi connectivity index (χ1n) is 9.07. The molecule has 0 saturated heterocycles. The number of carboxylic acids is 1. The molecule has 0 spiro atoms. The van der Waals surface area contributed by atoms with Crippen LogP contribution in [0.1, 0.15) is 30.9 Å². The highest BCUT2D eigenvalue weighted by Gasteiger charge is 2.16. The molecule has 0 unspecified atom stereocenters. The van der Waals surface area contributed by atoms with Gasteiger partial charge in [-0.25, -0.2) is 0 Å². The van der Waals surface area contributed by atoms with Gasteiger partial charge in [0.15, 0.2) is 0 Å². The van der Waals surface area contributed by atoms with E-state index < -0.39 is 5.97 Å². The van der Waals surface area contributed by atoms with E-state index in [9.17, 15) is 9.90 Å². The second kappa shape index (κ2) is 10.6. The Morgan fingerprint density at radius 2 is 1.63 bits per heavy atom. The number of hydrogen-bond donors (Lipinski definition) is 0. The van der Waals surface area contributed by atoms with E-state index in [1.165, 1.54) is 0 Å². The third kappa shape index (κ3) is 7.31. The summed E-state index contributed by atoms with van der Waals surface area (Å²) < 4.78 is 16.5. The van der Waals surface area contributed by atoms with E-state index in [1.807, 2.05) is 49.4 Å². The summed E-state index contributed by atoms with van der Waals surface area (Å²) in [5, 5.41) is 11.2. The third-order valence-electron chi connectivity index (χ3n) is 4.43. The fourth-order valence-electron chi connectivity index (χ4n) is 3.14. The molecule has 0 aliphatic rings. The predicted molar refractivity (Wildman–Crippen MR) is 102 cm³/mol. The summed E-state index contributed by atoms with van der Waals surface area (Å²) in [6, 6.07) is 15.5. The molecule has 0 aliphatic carbocycles. The van der Waals surface area contributed by atoms with Crippen LogP contribution in [0.4, 0.5) is 0 Å². The number of benzene rings is 2. The second-order valence-electron chi connectivity index (χ2n) is 6.71. The van der Waals surface area contributed by atoms with Gasteiger partial charge in [0.05, 0.1) is 26.9 Å². The van der Waals surface area contributed by atoms with Crippen LogP contribution in [0.25, 0.3) is 0 Å². The molecule has 2 aromatic carbocycles. The highest BCUT2D eigenvalue weighted by atomic mass is 16.5. The molecule has 0 heterocycles. The molecule has 0 amide bonds. The van der Waals surface area contributed by atoms with Crippen molar-refractivity contribution in [1.29, 1.82) is 0 Å². The van der Waals surface area contributed by atoms with Crippen molar-refractivity contribution in [2.45, 2.75) is 38.9 Å². The normalized spacial score (nSPS) is 13.0. The molecule has 2 atom stereocenters. The first-order valence-corrected chi connectivity index (χ1v) is 9.07. The van der Waals surface area contributed by atoms with Crippen LogP contribution in [0.3, 0.4) is 0 Å². The molecule has 27 heavy (non-hydrogen) atoms. The number of methoxy groups -OCH3 is 2. The largest absolute Gasteiger partial charge is 0.550 e. The van der Waals surface area contributed by atoms with Gasteiger partial charge in [0, 0.05) is 12.0 Å². The summed E-state index contributed by atoms with van der Waals surface area (Å²) in [6.07, 6.45) is 1.13. The molecule has 0 fully saturated rings. The van der Waals surface area contributed by atoms with E-state index in [-0.39, 0.29) is 18.4 Å². The van der Waals surface area contributed by atoms with E-state index in [2.05, 4.69) is 0 Å². The molecule has 0 bridgehead atoms. The average Bonchev–Trinajstić information content (AvgIpc) is 2.66. The first kappa shape index (κ1) is 20.8. The van der Waals surface area contributed by atoms with Crippen LogP contribution >= 0.6 is 0 Å². The van der Waals surface area contributed by atoms with Crippen LogP contribution in [0.15, 0.2) is 48.5 Å². The summed E-state index contributed by atoms with van der Waals surface area (Å²) in [5.74, 6) is 0.220. The minimum Gasteiger partial charge on any atom is -0.550 e. The lowest BCUT2D eigenvalue weighted by Crippen LogP contribution is -2.28. The molecule has 5 nitrogen and oxygen atoms in total. The van der Waals surface area contributed by atoms with Crippen molar-refractivity contribution >= 4 is 5.97 Å². The lowest BCUT2D eigenvalue weighted by atomic mass is 9.91. The van der Waals surface area contributed by atoms with Crippen LogP contribution in [0, 0.1) is 5.92 Å². The van der Waals surface area contributed by atoms with E-state index in [1.54, 1.807) is 20.3 Å². The summed E-state index contributed by atoms with van der Waals surface area (Å²) in [5.41, 5.74) is 2.06. The van der Waals surface area contributed by atoms with E-state index >= 15 is 0 Å². The van der Waals surface area contributed by atoms with Crippen LogP contribution in [-0.2, 0) is 22.6 Å². The minimum absolute atomic E-state index is 0.0153. The molecular formula is C22H27O5-. The van der Waals surface area contributed by atoms with E-state index in [4.69, 9.17) is 14.2 Å². The number of rotatable bonds is 11. The molecular weight excluding hydrogens is 344 g/mol. The average molecular weight is 371 g/mol. The summed E-state index contributed by atoms with van der Waals surface area (Å²) in [7, 11) is 3.19. The highest BCUT2D eigenvalue weighted by Crippen LogP contribution is 2.27. The van der Waals surface area contributed by atoms with E-state index in [0.717, 1.165) is 11.1 Å². The Morgan fingerprint density at radius 1 is 1.00 bits per heavy atom. The summed E-state index contributed by atoms with van der Waals surface area (Å²) in [4.78, 5) is 11.2. The van der Waals surface area contributed by atoms with Crippen molar-refractivity contribution in [2.24, 2.45) is 5.92 Å². The Bertz CT molecular complexity index is 692. The Morgan fingerprint density at radius 3 is 2.19 bits per heavy atom. The molecule has 5 heteroatoms. The number of carbonyl (C=O) groups excluding carboxylic acids is 1. The quantitative estimate of drug-likeness (QED) is 0.607. The molecule has 146 valence electrons. The van der Waals surface area contributed by atoms with Gasteiger partial charge in [0.25, 0.3) is 0 Å². The van der Waals surface area contributed by atoms with Crippen molar-refractivity contribution in [3.05, 3.63) is 59.7 Å². The minimum atomic E-state index is -1.05. The lowest BCUT2D eigenvalue weighted by molar-refractivity contribution is -0.306. The molecule has 0 aromatic heterocycles. The SMILES string of the molecule is COc1cc(C[C@H](CC(=O)[O-])C[C@H](C)OCc2ccccc2)cc(OC)c1. The lowest BCUT2D eigenvalue weighted by Gasteiger charge is -2.22. The van der Waals surface area contributed by atoms with Crippen LogP contribution < -0.4 is 14.6 Å². The number of aliphatic carboxylic acids is 1. The van der Waals surface area contributed by atoms with Crippen LogP contribution in [-0.4, -0.2) is 26.3 Å². The fraction of sp³-hybridized carbons (Fsp3) is 0.409. The molecule has 0 aliphatic heterocycles. The number of carbonyl (C=O) groups is 1. The van der Waals surface area contributed by atoms with Gasteiger partial charge < -0.3 is 24.1 Å². The number of ether oxygens (including phenoxy) is 3. The van der Waals surface area contributed by atoms with Crippen LogP contribution in [0.2, 0.25) is 0 Å². The Kier molecular flexibility index (Phi) is 8.14. The van der Waals surface area contributed by atoms with Gasteiger partial charge in [-0.15, -0.1) is 0 Å². The third-order valence-corrected chi connectivity index (χ3v) is 4.43. The van der Waals surface area contributed by atoms with Gasteiger partial charge in [-0.3, -0.25) is 0 Å². The van der Waals surface area contributed by atoms with E-state index in [0.29, 0.717) is 30.9 Å². The van der Waals surface area contributed by atoms with Crippen molar-refractivity contribution < 1.29 is 24.1 Å².